The van der Waals surface area contributed by atoms with Crippen molar-refractivity contribution in [1.82, 2.24) is 19.5 Å². The number of alkyl halides is 1. The number of hydrogen-bond acceptors (Lipinski definition) is 5. The van der Waals surface area contributed by atoms with E-state index in [1.165, 1.54) is 18.3 Å². The summed E-state index contributed by atoms with van der Waals surface area (Å²) in [7, 11) is 0. The summed E-state index contributed by atoms with van der Waals surface area (Å²) in [6.45, 7) is 2.50. The van der Waals surface area contributed by atoms with Crippen LogP contribution in [-0.4, -0.2) is 43.4 Å². The van der Waals surface area contributed by atoms with E-state index in [1.807, 2.05) is 6.92 Å². The normalized spacial score (nSPS) is 23.0. The van der Waals surface area contributed by atoms with Gasteiger partial charge in [0.25, 0.3) is 5.91 Å². The van der Waals surface area contributed by atoms with Gasteiger partial charge in [0.2, 0.25) is 0 Å². The number of fused-ring (bicyclic) bond motifs is 3. The van der Waals surface area contributed by atoms with Crippen molar-refractivity contribution in [2.45, 2.75) is 51.6 Å². The molecule has 0 bridgehead atoms. The molecule has 1 saturated carbocycles. The maximum absolute atomic E-state index is 14.8. The highest BCUT2D eigenvalue weighted by atomic mass is 35.5. The second kappa shape index (κ2) is 8.37. The second-order valence-corrected chi connectivity index (χ2v) is 9.17. The first-order chi connectivity index (χ1) is 15.8. The van der Waals surface area contributed by atoms with E-state index in [1.54, 1.807) is 15.6 Å². The van der Waals surface area contributed by atoms with Gasteiger partial charge in [0.05, 0.1) is 35.6 Å². The van der Waals surface area contributed by atoms with Crippen molar-refractivity contribution in [2.75, 3.05) is 0 Å². The molecule has 2 aliphatic rings. The zero-order valence-electron chi connectivity index (χ0n) is 17.9. The lowest BCUT2D eigenvalue weighted by Crippen LogP contribution is -2.34. The maximum atomic E-state index is 14.8. The van der Waals surface area contributed by atoms with E-state index < -0.39 is 18.1 Å². The van der Waals surface area contributed by atoms with Crippen molar-refractivity contribution in [3.05, 3.63) is 58.3 Å². The number of nitrogens with one attached hydrogen (secondary N) is 1. The molecule has 3 heterocycles. The fourth-order valence-electron chi connectivity index (χ4n) is 4.48. The number of hydrogen-bond donors (Lipinski definition) is 1. The lowest BCUT2D eigenvalue weighted by atomic mass is 10.0. The number of halogens is 3. The highest BCUT2D eigenvalue weighted by molar-refractivity contribution is 6.30. The number of nitrogens with zero attached hydrogens (tertiary/aromatic N) is 4. The summed E-state index contributed by atoms with van der Waals surface area (Å²) in [4.78, 5) is 19.2. The van der Waals surface area contributed by atoms with E-state index in [9.17, 15) is 13.6 Å². The van der Waals surface area contributed by atoms with Gasteiger partial charge in [-0.1, -0.05) is 18.5 Å². The molecule has 7 nitrogen and oxygen atoms in total. The van der Waals surface area contributed by atoms with Crippen molar-refractivity contribution in [3.8, 4) is 5.75 Å². The molecule has 3 aromatic rings. The molecule has 172 valence electrons. The number of carbonyl (C=O) groups is 1. The molecule has 1 aliphatic carbocycles. The zero-order valence-corrected chi connectivity index (χ0v) is 18.6. The Labute approximate surface area is 193 Å². The molecule has 5 rings (SSSR count). The maximum Gasteiger partial charge on any atom is 0.258 e. The van der Waals surface area contributed by atoms with Gasteiger partial charge >= 0.3 is 0 Å². The Morgan fingerprint density at radius 1 is 1.33 bits per heavy atom. The first kappa shape index (κ1) is 21.8. The number of carbonyl (C=O) groups excluding carboxylic acids is 1. The number of rotatable bonds is 3. The van der Waals surface area contributed by atoms with Crippen LogP contribution in [0.15, 0.2) is 30.6 Å². The SMILES string of the molecule is CC1CCC(=N)C(F)[C@@H](Oc2cc(F)ccc2C(=O)N2Cc3nn4cc(Cl)cnc4c3C2)C1. The van der Waals surface area contributed by atoms with E-state index >= 15 is 0 Å². The summed E-state index contributed by atoms with van der Waals surface area (Å²) in [5, 5.41) is 12.9. The average Bonchev–Trinajstić information content (AvgIpc) is 3.30. The third kappa shape index (κ3) is 4.06. The fraction of sp³-hybridized carbons (Fsp3) is 0.391. The number of amides is 1. The minimum atomic E-state index is -1.59. The average molecular weight is 474 g/mol. The van der Waals surface area contributed by atoms with Gasteiger partial charge in [-0.05, 0) is 37.3 Å². The number of benzene rings is 1. The van der Waals surface area contributed by atoms with Crippen LogP contribution in [0.3, 0.4) is 0 Å². The smallest absolute Gasteiger partial charge is 0.258 e. The zero-order chi connectivity index (χ0) is 23.3. The minimum Gasteiger partial charge on any atom is -0.486 e. The molecular formula is C23H22ClF2N5O2. The monoisotopic (exact) mass is 473 g/mol. The molecule has 0 radical (unpaired) electrons. The molecular weight excluding hydrogens is 452 g/mol. The van der Waals surface area contributed by atoms with Crippen LogP contribution >= 0.6 is 11.6 Å². The molecule has 1 aliphatic heterocycles. The Hall–Kier alpha value is -3.07. The molecule has 1 N–H and O–H groups in total. The van der Waals surface area contributed by atoms with Crippen molar-refractivity contribution in [2.24, 2.45) is 5.92 Å². The first-order valence-electron chi connectivity index (χ1n) is 10.8. The van der Waals surface area contributed by atoms with E-state index in [4.69, 9.17) is 21.7 Å². The summed E-state index contributed by atoms with van der Waals surface area (Å²) in [5.41, 5.74) is 2.26. The number of aromatic nitrogens is 3. The molecule has 33 heavy (non-hydrogen) atoms. The van der Waals surface area contributed by atoms with Crippen LogP contribution in [0.25, 0.3) is 5.65 Å². The lowest BCUT2D eigenvalue weighted by molar-refractivity contribution is 0.0731. The number of ether oxygens (including phenoxy) is 1. The molecule has 0 spiro atoms. The van der Waals surface area contributed by atoms with Gasteiger partial charge < -0.3 is 15.0 Å². The van der Waals surface area contributed by atoms with E-state index in [2.05, 4.69) is 10.1 Å². The van der Waals surface area contributed by atoms with Crippen LogP contribution in [0.5, 0.6) is 5.75 Å². The van der Waals surface area contributed by atoms with Crippen LogP contribution in [0, 0.1) is 17.1 Å². The van der Waals surface area contributed by atoms with E-state index in [0.717, 1.165) is 11.6 Å². The molecule has 1 amide bonds. The van der Waals surface area contributed by atoms with Gasteiger partial charge in [-0.25, -0.2) is 18.3 Å². The minimum absolute atomic E-state index is 0.0155. The van der Waals surface area contributed by atoms with E-state index in [-0.39, 0.29) is 41.9 Å². The highest BCUT2D eigenvalue weighted by Gasteiger charge is 2.35. The quantitative estimate of drug-likeness (QED) is 0.563. The van der Waals surface area contributed by atoms with Gasteiger partial charge in [-0.15, -0.1) is 0 Å². The van der Waals surface area contributed by atoms with Crippen molar-refractivity contribution in [1.29, 1.82) is 5.41 Å². The highest BCUT2D eigenvalue weighted by Crippen LogP contribution is 2.32. The Kier molecular flexibility index (Phi) is 5.52. The summed E-state index contributed by atoms with van der Waals surface area (Å²) in [5.74, 6) is -0.826. The Morgan fingerprint density at radius 2 is 2.15 bits per heavy atom. The van der Waals surface area contributed by atoms with Crippen LogP contribution < -0.4 is 4.74 Å². The molecule has 10 heteroatoms. The van der Waals surface area contributed by atoms with E-state index in [0.29, 0.717) is 35.6 Å². The van der Waals surface area contributed by atoms with Crippen LogP contribution in [0.1, 0.15) is 47.8 Å². The van der Waals surface area contributed by atoms with Crippen molar-refractivity contribution < 1.29 is 18.3 Å². The molecule has 3 atom stereocenters. The lowest BCUT2D eigenvalue weighted by Gasteiger charge is -2.24. The summed E-state index contributed by atoms with van der Waals surface area (Å²) >= 11 is 5.98. The summed E-state index contributed by atoms with van der Waals surface area (Å²) < 4.78 is 36.4. The Morgan fingerprint density at radius 3 is 2.97 bits per heavy atom. The largest absolute Gasteiger partial charge is 0.486 e. The Balaban J connectivity index is 1.41. The van der Waals surface area contributed by atoms with Gasteiger partial charge in [0.1, 0.15) is 17.7 Å². The molecule has 1 fully saturated rings. The van der Waals surface area contributed by atoms with Crippen LogP contribution in [-0.2, 0) is 13.1 Å². The van der Waals surface area contributed by atoms with Gasteiger partial charge in [-0.2, -0.15) is 5.10 Å². The van der Waals surface area contributed by atoms with Crippen LogP contribution in [0.2, 0.25) is 5.02 Å². The van der Waals surface area contributed by atoms with Gasteiger partial charge in [-0.3, -0.25) is 4.79 Å². The standard InChI is InChI=1S/C23H22ClF2N5O2/c1-12-2-5-17(27)21(26)20(6-12)33-19-7-14(25)3-4-15(19)23(32)30-10-16-18(11-30)29-31-9-13(24)8-28-22(16)31/h3-4,7-9,12,20-21,27H,2,5-6,10-11H2,1H3/t12?,20-,21?/m0/s1. The topological polar surface area (TPSA) is 83.6 Å². The fourth-order valence-corrected chi connectivity index (χ4v) is 4.62. The summed E-state index contributed by atoms with van der Waals surface area (Å²) in [6, 6.07) is 3.64. The first-order valence-corrected chi connectivity index (χ1v) is 11.2. The van der Waals surface area contributed by atoms with Crippen molar-refractivity contribution >= 4 is 28.9 Å². The predicted molar refractivity (Wildman–Crippen MR) is 118 cm³/mol. The predicted octanol–water partition coefficient (Wildman–Crippen LogP) is 4.60. The third-order valence-electron chi connectivity index (χ3n) is 6.25. The Bertz CT molecular complexity index is 1260. The second-order valence-electron chi connectivity index (χ2n) is 8.73. The molecule has 2 unspecified atom stereocenters. The van der Waals surface area contributed by atoms with Gasteiger partial charge in [0.15, 0.2) is 11.8 Å². The van der Waals surface area contributed by atoms with Gasteiger partial charge in [0, 0.05) is 23.5 Å². The third-order valence-corrected chi connectivity index (χ3v) is 6.44. The van der Waals surface area contributed by atoms with Crippen molar-refractivity contribution in [3.63, 3.8) is 0 Å². The molecule has 2 aromatic heterocycles. The summed E-state index contributed by atoms with van der Waals surface area (Å²) in [6.07, 6.45) is 2.08. The van der Waals surface area contributed by atoms with Crippen LogP contribution in [0.4, 0.5) is 8.78 Å². The molecule has 0 saturated heterocycles. The molecule has 1 aromatic carbocycles.